The Balaban J connectivity index is 1.73. The fourth-order valence-electron chi connectivity index (χ4n) is 2.68. The summed E-state index contributed by atoms with van der Waals surface area (Å²) in [5.74, 6) is 0.0572. The van der Waals surface area contributed by atoms with Gasteiger partial charge in [0.05, 0.1) is 6.33 Å². The van der Waals surface area contributed by atoms with Crippen molar-refractivity contribution >= 4 is 11.9 Å². The Morgan fingerprint density at radius 2 is 2.14 bits per heavy atom. The normalized spacial score (nSPS) is 17.5. The molecule has 7 nitrogen and oxygen atoms in total. The molecule has 0 spiro atoms. The first-order valence-electron chi connectivity index (χ1n) is 7.34. The van der Waals surface area contributed by atoms with E-state index in [1.807, 2.05) is 22.6 Å². The van der Waals surface area contributed by atoms with Crippen LogP contribution in [0.25, 0.3) is 0 Å². The Kier molecular flexibility index (Phi) is 5.19. The number of hydrogen-bond donors (Lipinski definition) is 2. The quantitative estimate of drug-likeness (QED) is 0.831. The lowest BCUT2D eigenvalue weighted by molar-refractivity contribution is -0.119. The van der Waals surface area contributed by atoms with Gasteiger partial charge in [0.2, 0.25) is 5.91 Å². The summed E-state index contributed by atoms with van der Waals surface area (Å²) < 4.78 is 1.93. The summed E-state index contributed by atoms with van der Waals surface area (Å²) in [5.41, 5.74) is 5.21. The predicted octanol–water partition coefficient (Wildman–Crippen LogP) is 0.569. The number of amides is 3. The molecule has 0 saturated carbocycles. The molecule has 1 aliphatic rings. The van der Waals surface area contributed by atoms with Crippen LogP contribution in [-0.2, 0) is 11.3 Å². The molecule has 3 amide bonds. The Morgan fingerprint density at radius 1 is 1.43 bits per heavy atom. The molecule has 3 N–H and O–H groups in total. The van der Waals surface area contributed by atoms with E-state index in [2.05, 4.69) is 10.3 Å². The SMILES string of the molecule is C[C@H](Cn1ccnc1)NC(=O)N1CCC(CC(N)=O)CC1. The fourth-order valence-corrected chi connectivity index (χ4v) is 2.68. The zero-order chi connectivity index (χ0) is 15.2. The Hall–Kier alpha value is -2.05. The molecule has 1 fully saturated rings. The van der Waals surface area contributed by atoms with Crippen LogP contribution in [0.1, 0.15) is 26.2 Å². The van der Waals surface area contributed by atoms with E-state index in [9.17, 15) is 9.59 Å². The predicted molar refractivity (Wildman–Crippen MR) is 78.3 cm³/mol. The third kappa shape index (κ3) is 4.77. The second kappa shape index (κ2) is 7.10. The van der Waals surface area contributed by atoms with Crippen molar-refractivity contribution in [2.75, 3.05) is 13.1 Å². The third-order valence-corrected chi connectivity index (χ3v) is 3.81. The van der Waals surface area contributed by atoms with Gasteiger partial charge in [0, 0.05) is 44.5 Å². The molecule has 0 unspecified atom stereocenters. The maximum Gasteiger partial charge on any atom is 0.317 e. The maximum atomic E-state index is 12.2. The van der Waals surface area contributed by atoms with Crippen LogP contribution < -0.4 is 11.1 Å². The number of nitrogens with one attached hydrogen (secondary N) is 1. The number of aromatic nitrogens is 2. The number of primary amides is 1. The number of carbonyl (C=O) groups is 2. The molecule has 0 aromatic carbocycles. The van der Waals surface area contributed by atoms with Gasteiger partial charge in [0.1, 0.15) is 0 Å². The van der Waals surface area contributed by atoms with Crippen molar-refractivity contribution < 1.29 is 9.59 Å². The van der Waals surface area contributed by atoms with Gasteiger partial charge in [0.25, 0.3) is 0 Å². The average molecular weight is 293 g/mol. The second-order valence-electron chi connectivity index (χ2n) is 5.71. The van der Waals surface area contributed by atoms with Gasteiger partial charge in [-0.3, -0.25) is 4.79 Å². The van der Waals surface area contributed by atoms with Crippen molar-refractivity contribution in [2.24, 2.45) is 11.7 Å². The number of imidazole rings is 1. The highest BCUT2D eigenvalue weighted by molar-refractivity contribution is 5.75. The van der Waals surface area contributed by atoms with E-state index in [-0.39, 0.29) is 18.0 Å². The molecule has 0 aliphatic carbocycles. The van der Waals surface area contributed by atoms with Crippen LogP contribution in [0.15, 0.2) is 18.7 Å². The van der Waals surface area contributed by atoms with Gasteiger partial charge in [-0.2, -0.15) is 0 Å². The number of hydrogen-bond acceptors (Lipinski definition) is 3. The highest BCUT2D eigenvalue weighted by Crippen LogP contribution is 2.20. The Morgan fingerprint density at radius 3 is 2.71 bits per heavy atom. The van der Waals surface area contributed by atoms with E-state index in [0.717, 1.165) is 12.8 Å². The number of nitrogens with zero attached hydrogens (tertiary/aromatic N) is 3. The third-order valence-electron chi connectivity index (χ3n) is 3.81. The van der Waals surface area contributed by atoms with E-state index in [1.54, 1.807) is 12.5 Å². The lowest BCUT2D eigenvalue weighted by Gasteiger charge is -2.32. The molecule has 1 atom stereocenters. The summed E-state index contributed by atoms with van der Waals surface area (Å²) in [6.07, 6.45) is 7.43. The van der Waals surface area contributed by atoms with Gasteiger partial charge in [-0.15, -0.1) is 0 Å². The minimum atomic E-state index is -0.258. The number of urea groups is 1. The van der Waals surface area contributed by atoms with E-state index < -0.39 is 0 Å². The number of likely N-dealkylation sites (tertiary alicyclic amines) is 1. The van der Waals surface area contributed by atoms with Crippen molar-refractivity contribution in [3.8, 4) is 0 Å². The van der Waals surface area contributed by atoms with Gasteiger partial charge < -0.3 is 20.5 Å². The Bertz CT molecular complexity index is 466. The van der Waals surface area contributed by atoms with Crippen LogP contribution in [-0.4, -0.2) is 45.5 Å². The molecule has 1 aromatic rings. The molecule has 1 aliphatic heterocycles. The van der Waals surface area contributed by atoms with E-state index >= 15 is 0 Å². The van der Waals surface area contributed by atoms with Gasteiger partial charge in [-0.05, 0) is 25.7 Å². The fraction of sp³-hybridized carbons (Fsp3) is 0.643. The largest absolute Gasteiger partial charge is 0.370 e. The molecular weight excluding hydrogens is 270 g/mol. The summed E-state index contributed by atoms with van der Waals surface area (Å²) in [6.45, 7) is 4.03. The first kappa shape index (κ1) is 15.3. The van der Waals surface area contributed by atoms with Crippen LogP contribution >= 0.6 is 0 Å². The van der Waals surface area contributed by atoms with E-state index in [4.69, 9.17) is 5.73 Å². The zero-order valence-electron chi connectivity index (χ0n) is 12.4. The van der Waals surface area contributed by atoms with Crippen molar-refractivity contribution in [1.82, 2.24) is 19.8 Å². The van der Waals surface area contributed by atoms with Gasteiger partial charge in [-0.1, -0.05) is 0 Å². The lowest BCUT2D eigenvalue weighted by atomic mass is 9.93. The number of carbonyl (C=O) groups excluding carboxylic acids is 2. The molecule has 1 saturated heterocycles. The average Bonchev–Trinajstić information content (AvgIpc) is 2.91. The molecule has 21 heavy (non-hydrogen) atoms. The first-order chi connectivity index (χ1) is 10.0. The molecule has 2 heterocycles. The van der Waals surface area contributed by atoms with Crippen LogP contribution in [0.5, 0.6) is 0 Å². The minimum Gasteiger partial charge on any atom is -0.370 e. The van der Waals surface area contributed by atoms with E-state index in [0.29, 0.717) is 32.0 Å². The standard InChI is InChI=1S/C14H23N5O2/c1-11(9-18-7-4-16-10-18)17-14(21)19-5-2-12(3-6-19)8-13(15)20/h4,7,10-12H,2-3,5-6,8-9H2,1H3,(H2,15,20)(H,17,21)/t11-/m1/s1. The monoisotopic (exact) mass is 293 g/mol. The molecular formula is C14H23N5O2. The van der Waals surface area contributed by atoms with Crippen LogP contribution in [0.2, 0.25) is 0 Å². The minimum absolute atomic E-state index is 0.0371. The molecule has 1 aromatic heterocycles. The summed E-state index contributed by atoms with van der Waals surface area (Å²) in [6, 6.07) is -0.00446. The molecule has 0 radical (unpaired) electrons. The number of nitrogens with two attached hydrogens (primary N) is 1. The Labute approximate surface area is 124 Å². The van der Waals surface area contributed by atoms with Crippen LogP contribution in [0.4, 0.5) is 4.79 Å². The van der Waals surface area contributed by atoms with Crippen molar-refractivity contribution in [2.45, 2.75) is 38.8 Å². The second-order valence-corrected chi connectivity index (χ2v) is 5.71. The van der Waals surface area contributed by atoms with Gasteiger partial charge in [0.15, 0.2) is 0 Å². The summed E-state index contributed by atoms with van der Waals surface area (Å²) >= 11 is 0. The molecule has 0 bridgehead atoms. The topological polar surface area (TPSA) is 93.2 Å². The van der Waals surface area contributed by atoms with Crippen molar-refractivity contribution in [1.29, 1.82) is 0 Å². The number of piperidine rings is 1. The molecule has 7 heteroatoms. The smallest absolute Gasteiger partial charge is 0.317 e. The van der Waals surface area contributed by atoms with Gasteiger partial charge in [-0.25, -0.2) is 9.78 Å². The lowest BCUT2D eigenvalue weighted by Crippen LogP contribution is -2.48. The van der Waals surface area contributed by atoms with E-state index in [1.165, 1.54) is 0 Å². The zero-order valence-corrected chi connectivity index (χ0v) is 12.4. The molecule has 116 valence electrons. The highest BCUT2D eigenvalue weighted by atomic mass is 16.2. The number of rotatable bonds is 5. The van der Waals surface area contributed by atoms with Crippen molar-refractivity contribution in [3.63, 3.8) is 0 Å². The molecule has 2 rings (SSSR count). The van der Waals surface area contributed by atoms with Crippen molar-refractivity contribution in [3.05, 3.63) is 18.7 Å². The highest BCUT2D eigenvalue weighted by Gasteiger charge is 2.24. The van der Waals surface area contributed by atoms with Crippen LogP contribution in [0, 0.1) is 5.92 Å². The van der Waals surface area contributed by atoms with Crippen LogP contribution in [0.3, 0.4) is 0 Å². The summed E-state index contributed by atoms with van der Waals surface area (Å²) in [5, 5.41) is 2.99. The maximum absolute atomic E-state index is 12.2. The first-order valence-corrected chi connectivity index (χ1v) is 7.34. The summed E-state index contributed by atoms with van der Waals surface area (Å²) in [7, 11) is 0. The summed E-state index contributed by atoms with van der Waals surface area (Å²) in [4.78, 5) is 28.9. The van der Waals surface area contributed by atoms with Gasteiger partial charge >= 0.3 is 6.03 Å².